The van der Waals surface area contributed by atoms with Crippen LogP contribution in [0.5, 0.6) is 0 Å². The standard InChI is InChI=1S/C19H21N3O/c1-13-10-11-22-15(12-13)20-16(14-8-6-5-7-9-14)17(22)21-18(23)19(2,3)4/h5-12H,1-4H3,(H,21,23). The molecule has 0 aliphatic carbocycles. The Bertz CT molecular complexity index is 857. The number of amides is 1. The molecule has 2 heterocycles. The molecule has 0 saturated heterocycles. The topological polar surface area (TPSA) is 46.4 Å². The van der Waals surface area contributed by atoms with Crippen LogP contribution in [-0.4, -0.2) is 15.3 Å². The number of aryl methyl sites for hydroxylation is 1. The van der Waals surface area contributed by atoms with Gasteiger partial charge in [0.2, 0.25) is 5.91 Å². The van der Waals surface area contributed by atoms with Crippen molar-refractivity contribution in [2.45, 2.75) is 27.7 Å². The maximum atomic E-state index is 12.5. The number of hydrogen-bond donors (Lipinski definition) is 1. The van der Waals surface area contributed by atoms with Crippen LogP contribution in [0.3, 0.4) is 0 Å². The summed E-state index contributed by atoms with van der Waals surface area (Å²) in [6.07, 6.45) is 1.95. The first-order valence-corrected chi connectivity index (χ1v) is 7.72. The summed E-state index contributed by atoms with van der Waals surface area (Å²) in [6.45, 7) is 7.73. The molecular formula is C19H21N3O. The minimum absolute atomic E-state index is 0.0305. The lowest BCUT2D eigenvalue weighted by molar-refractivity contribution is -0.123. The van der Waals surface area contributed by atoms with Crippen LogP contribution in [0.15, 0.2) is 48.7 Å². The highest BCUT2D eigenvalue weighted by Crippen LogP contribution is 2.30. The van der Waals surface area contributed by atoms with Crippen LogP contribution in [-0.2, 0) is 4.79 Å². The maximum Gasteiger partial charge on any atom is 0.230 e. The summed E-state index contributed by atoms with van der Waals surface area (Å²) < 4.78 is 1.93. The molecule has 1 N–H and O–H groups in total. The molecule has 0 aliphatic heterocycles. The fraction of sp³-hybridized carbons (Fsp3) is 0.263. The molecule has 2 aromatic heterocycles. The highest BCUT2D eigenvalue weighted by molar-refractivity contribution is 5.97. The molecule has 3 rings (SSSR count). The number of benzene rings is 1. The Morgan fingerprint density at radius 3 is 2.48 bits per heavy atom. The lowest BCUT2D eigenvalue weighted by atomic mass is 9.95. The van der Waals surface area contributed by atoms with E-state index in [1.807, 2.05) is 80.8 Å². The number of nitrogens with zero attached hydrogens (tertiary/aromatic N) is 2. The first-order chi connectivity index (χ1) is 10.9. The summed E-state index contributed by atoms with van der Waals surface area (Å²) in [7, 11) is 0. The highest BCUT2D eigenvalue weighted by atomic mass is 16.2. The number of pyridine rings is 1. The van der Waals surface area contributed by atoms with Crippen molar-refractivity contribution in [3.05, 3.63) is 54.2 Å². The SMILES string of the molecule is Cc1ccn2c(NC(=O)C(C)(C)C)c(-c3ccccc3)nc2c1. The summed E-state index contributed by atoms with van der Waals surface area (Å²) in [5.41, 5.74) is 3.26. The molecule has 0 atom stereocenters. The van der Waals surface area contributed by atoms with Crippen molar-refractivity contribution in [1.29, 1.82) is 0 Å². The second kappa shape index (κ2) is 5.54. The first kappa shape index (κ1) is 15.3. The van der Waals surface area contributed by atoms with E-state index in [-0.39, 0.29) is 5.91 Å². The Balaban J connectivity index is 2.18. The molecule has 0 radical (unpaired) electrons. The van der Waals surface area contributed by atoms with Crippen molar-refractivity contribution in [3.8, 4) is 11.3 Å². The van der Waals surface area contributed by atoms with Gasteiger partial charge in [-0.05, 0) is 24.6 Å². The Hall–Kier alpha value is -2.62. The number of anilines is 1. The van der Waals surface area contributed by atoms with Crippen LogP contribution in [0.25, 0.3) is 16.9 Å². The van der Waals surface area contributed by atoms with E-state index < -0.39 is 5.41 Å². The number of imidazole rings is 1. The summed E-state index contributed by atoms with van der Waals surface area (Å²) in [4.78, 5) is 17.2. The molecule has 0 fully saturated rings. The van der Waals surface area contributed by atoms with Crippen LogP contribution in [0.1, 0.15) is 26.3 Å². The van der Waals surface area contributed by atoms with Gasteiger partial charge in [0.05, 0.1) is 0 Å². The van der Waals surface area contributed by atoms with Crippen LogP contribution < -0.4 is 5.32 Å². The fourth-order valence-electron chi connectivity index (χ4n) is 2.36. The summed E-state index contributed by atoms with van der Waals surface area (Å²) in [5.74, 6) is 0.684. The number of carbonyl (C=O) groups excluding carboxylic acids is 1. The largest absolute Gasteiger partial charge is 0.309 e. The third kappa shape index (κ3) is 2.97. The molecule has 0 bridgehead atoms. The van der Waals surface area contributed by atoms with Crippen LogP contribution in [0, 0.1) is 12.3 Å². The van der Waals surface area contributed by atoms with Crippen LogP contribution in [0.2, 0.25) is 0 Å². The number of rotatable bonds is 2. The van der Waals surface area contributed by atoms with Gasteiger partial charge in [0, 0.05) is 17.2 Å². The van der Waals surface area contributed by atoms with Gasteiger partial charge in [0.15, 0.2) is 0 Å². The summed E-state index contributed by atoms with van der Waals surface area (Å²) in [5, 5.41) is 3.05. The zero-order valence-electron chi connectivity index (χ0n) is 13.9. The molecule has 118 valence electrons. The van der Waals surface area contributed by atoms with E-state index in [1.165, 1.54) is 0 Å². The minimum atomic E-state index is -0.469. The molecule has 4 heteroatoms. The van der Waals surface area contributed by atoms with Crippen molar-refractivity contribution >= 4 is 17.4 Å². The average Bonchev–Trinajstić information content (AvgIpc) is 2.85. The van der Waals surface area contributed by atoms with Crippen molar-refractivity contribution in [2.24, 2.45) is 5.41 Å². The molecule has 4 nitrogen and oxygen atoms in total. The molecule has 0 unspecified atom stereocenters. The minimum Gasteiger partial charge on any atom is -0.309 e. The Kier molecular flexibility index (Phi) is 3.68. The summed E-state index contributed by atoms with van der Waals surface area (Å²) >= 11 is 0. The third-order valence-corrected chi connectivity index (χ3v) is 3.74. The van der Waals surface area contributed by atoms with Gasteiger partial charge < -0.3 is 5.32 Å². The Labute approximate surface area is 136 Å². The Morgan fingerprint density at radius 1 is 1.13 bits per heavy atom. The van der Waals surface area contributed by atoms with E-state index in [0.29, 0.717) is 5.82 Å². The number of hydrogen-bond acceptors (Lipinski definition) is 2. The number of carbonyl (C=O) groups is 1. The van der Waals surface area contributed by atoms with Crippen molar-refractivity contribution in [2.75, 3.05) is 5.32 Å². The molecule has 0 aliphatic rings. The molecule has 1 amide bonds. The summed E-state index contributed by atoms with van der Waals surface area (Å²) in [6, 6.07) is 13.9. The Morgan fingerprint density at radius 2 is 1.83 bits per heavy atom. The quantitative estimate of drug-likeness (QED) is 0.767. The zero-order chi connectivity index (χ0) is 16.6. The molecule has 0 spiro atoms. The van der Waals surface area contributed by atoms with Gasteiger partial charge in [-0.25, -0.2) is 4.98 Å². The second-order valence-corrected chi connectivity index (χ2v) is 6.81. The molecule has 1 aromatic carbocycles. The highest BCUT2D eigenvalue weighted by Gasteiger charge is 2.24. The van der Waals surface area contributed by atoms with Crippen molar-refractivity contribution in [3.63, 3.8) is 0 Å². The van der Waals surface area contributed by atoms with Crippen LogP contribution >= 0.6 is 0 Å². The number of fused-ring (bicyclic) bond motifs is 1. The van der Waals surface area contributed by atoms with E-state index in [2.05, 4.69) is 5.32 Å². The monoisotopic (exact) mass is 307 g/mol. The van der Waals surface area contributed by atoms with Gasteiger partial charge in [-0.3, -0.25) is 9.20 Å². The van der Waals surface area contributed by atoms with E-state index in [9.17, 15) is 4.79 Å². The van der Waals surface area contributed by atoms with Gasteiger partial charge in [-0.2, -0.15) is 0 Å². The van der Waals surface area contributed by atoms with Gasteiger partial charge >= 0.3 is 0 Å². The van der Waals surface area contributed by atoms with E-state index in [1.54, 1.807) is 0 Å². The number of aromatic nitrogens is 2. The van der Waals surface area contributed by atoms with Gasteiger partial charge in [0.25, 0.3) is 0 Å². The number of nitrogens with one attached hydrogen (secondary N) is 1. The first-order valence-electron chi connectivity index (χ1n) is 7.72. The smallest absolute Gasteiger partial charge is 0.230 e. The van der Waals surface area contributed by atoms with E-state index in [0.717, 1.165) is 22.5 Å². The molecular weight excluding hydrogens is 286 g/mol. The predicted octanol–water partition coefficient (Wildman–Crippen LogP) is 4.29. The molecule has 0 saturated carbocycles. The maximum absolute atomic E-state index is 12.5. The average molecular weight is 307 g/mol. The van der Waals surface area contributed by atoms with Gasteiger partial charge in [-0.15, -0.1) is 0 Å². The molecule has 3 aromatic rings. The third-order valence-electron chi connectivity index (χ3n) is 3.74. The van der Waals surface area contributed by atoms with Gasteiger partial charge in [0.1, 0.15) is 17.2 Å². The van der Waals surface area contributed by atoms with Crippen molar-refractivity contribution in [1.82, 2.24) is 9.38 Å². The zero-order valence-corrected chi connectivity index (χ0v) is 13.9. The van der Waals surface area contributed by atoms with E-state index in [4.69, 9.17) is 4.98 Å². The predicted molar refractivity (Wildman–Crippen MR) is 93.4 cm³/mol. The van der Waals surface area contributed by atoms with Crippen molar-refractivity contribution < 1.29 is 4.79 Å². The fourth-order valence-corrected chi connectivity index (χ4v) is 2.36. The second-order valence-electron chi connectivity index (χ2n) is 6.81. The van der Waals surface area contributed by atoms with Gasteiger partial charge in [-0.1, -0.05) is 51.1 Å². The normalized spacial score (nSPS) is 11.7. The molecule has 23 heavy (non-hydrogen) atoms. The van der Waals surface area contributed by atoms with E-state index >= 15 is 0 Å². The lowest BCUT2D eigenvalue weighted by Crippen LogP contribution is -2.28. The van der Waals surface area contributed by atoms with Crippen LogP contribution in [0.4, 0.5) is 5.82 Å². The lowest BCUT2D eigenvalue weighted by Gasteiger charge is -2.18.